The van der Waals surface area contributed by atoms with E-state index in [1.165, 1.54) is 6.20 Å². The third kappa shape index (κ3) is 7.31. The molecule has 2 atom stereocenters. The largest absolute Gasteiger partial charge is 0.330 e. The SMILES string of the molecule is C=C/C=C\C=C/C(=C)[C@@H]1C[C@H]1C(=O)N/C(C)=C/C=C(/C=N\C=C)C(=C)C. The quantitative estimate of drug-likeness (QED) is 0.427. The lowest BCUT2D eigenvalue weighted by molar-refractivity contribution is -0.121. The molecule has 0 spiro atoms. The molecule has 0 aromatic heterocycles. The lowest BCUT2D eigenvalue weighted by Gasteiger charge is -2.05. The van der Waals surface area contributed by atoms with Crippen molar-refractivity contribution in [3.05, 3.63) is 97.5 Å². The highest BCUT2D eigenvalue weighted by Crippen LogP contribution is 2.44. The van der Waals surface area contributed by atoms with Crippen LogP contribution in [-0.2, 0) is 4.79 Å². The molecule has 0 radical (unpaired) electrons. The molecule has 1 aliphatic rings. The summed E-state index contributed by atoms with van der Waals surface area (Å²) in [6.45, 7) is 18.9. The highest BCUT2D eigenvalue weighted by atomic mass is 16.2. The average molecular weight is 348 g/mol. The fourth-order valence-corrected chi connectivity index (χ4v) is 2.31. The first-order valence-corrected chi connectivity index (χ1v) is 8.54. The van der Waals surface area contributed by atoms with E-state index < -0.39 is 0 Å². The molecule has 1 fully saturated rings. The molecule has 0 heterocycles. The number of carbonyl (C=O) groups is 1. The van der Waals surface area contributed by atoms with Crippen molar-refractivity contribution >= 4 is 12.1 Å². The minimum absolute atomic E-state index is 0.00852. The standard InChI is InChI=1S/C23H28N2O/c1-7-9-10-11-12-18(5)21-15-22(21)23(26)25-19(6)13-14-20(17(3)4)16-24-8-2/h7-14,16,21-22H,1-3,5,15H2,4,6H3,(H,25,26)/b10-9-,12-11-,19-13+,20-14-,24-16-/t21-,22+/m0/s1. The van der Waals surface area contributed by atoms with E-state index in [2.05, 4.69) is 36.6 Å². The molecular weight excluding hydrogens is 320 g/mol. The molecule has 3 heteroatoms. The van der Waals surface area contributed by atoms with E-state index in [-0.39, 0.29) is 17.7 Å². The first-order valence-electron chi connectivity index (χ1n) is 8.54. The molecule has 0 aliphatic heterocycles. The number of rotatable bonds is 10. The second kappa shape index (κ2) is 10.8. The Balaban J connectivity index is 2.61. The zero-order valence-electron chi connectivity index (χ0n) is 15.7. The van der Waals surface area contributed by atoms with Crippen LogP contribution in [0.15, 0.2) is 102 Å². The van der Waals surface area contributed by atoms with Gasteiger partial charge in [-0.1, -0.05) is 68.3 Å². The van der Waals surface area contributed by atoms with Crippen molar-refractivity contribution in [1.29, 1.82) is 0 Å². The number of allylic oxidation sites excluding steroid dienone is 11. The van der Waals surface area contributed by atoms with Crippen molar-refractivity contribution in [3.63, 3.8) is 0 Å². The molecule has 0 saturated heterocycles. The van der Waals surface area contributed by atoms with Crippen LogP contribution < -0.4 is 5.32 Å². The Morgan fingerprint density at radius 3 is 2.42 bits per heavy atom. The van der Waals surface area contributed by atoms with Gasteiger partial charge in [-0.3, -0.25) is 9.79 Å². The second-order valence-electron chi connectivity index (χ2n) is 6.21. The van der Waals surface area contributed by atoms with Gasteiger partial charge in [-0.05, 0) is 43.4 Å². The average Bonchev–Trinajstić information content (AvgIpc) is 3.39. The highest BCUT2D eigenvalue weighted by Gasteiger charge is 2.43. The fourth-order valence-electron chi connectivity index (χ4n) is 2.31. The van der Waals surface area contributed by atoms with Crippen molar-refractivity contribution in [2.75, 3.05) is 0 Å². The van der Waals surface area contributed by atoms with E-state index in [1.807, 2.05) is 50.3 Å². The molecule has 0 unspecified atom stereocenters. The van der Waals surface area contributed by atoms with E-state index in [0.717, 1.165) is 28.8 Å². The highest BCUT2D eigenvalue weighted by molar-refractivity contribution is 5.85. The molecule has 0 bridgehead atoms. The number of nitrogens with one attached hydrogen (secondary N) is 1. The maximum Gasteiger partial charge on any atom is 0.227 e. The van der Waals surface area contributed by atoms with Crippen molar-refractivity contribution in [3.8, 4) is 0 Å². The van der Waals surface area contributed by atoms with E-state index in [4.69, 9.17) is 0 Å². The molecule has 1 saturated carbocycles. The maximum atomic E-state index is 12.3. The number of carbonyl (C=O) groups excluding carboxylic acids is 1. The van der Waals surface area contributed by atoms with Gasteiger partial charge in [-0.25, -0.2) is 0 Å². The zero-order valence-corrected chi connectivity index (χ0v) is 15.7. The second-order valence-corrected chi connectivity index (χ2v) is 6.21. The molecule has 0 aromatic carbocycles. The predicted molar refractivity (Wildman–Crippen MR) is 113 cm³/mol. The van der Waals surface area contributed by atoms with Crippen LogP contribution in [0.3, 0.4) is 0 Å². The van der Waals surface area contributed by atoms with Gasteiger partial charge in [0, 0.05) is 24.0 Å². The molecule has 0 aromatic rings. The third-order valence-corrected chi connectivity index (χ3v) is 3.92. The molecule has 26 heavy (non-hydrogen) atoms. The van der Waals surface area contributed by atoms with Crippen LogP contribution in [-0.4, -0.2) is 12.1 Å². The summed E-state index contributed by atoms with van der Waals surface area (Å²) < 4.78 is 0. The number of aliphatic imine (C=N–C) groups is 1. The Hall–Kier alpha value is -2.94. The summed E-state index contributed by atoms with van der Waals surface area (Å²) in [5, 5.41) is 2.94. The number of hydrogen-bond acceptors (Lipinski definition) is 2. The smallest absolute Gasteiger partial charge is 0.227 e. The van der Waals surface area contributed by atoms with Crippen LogP contribution in [0.4, 0.5) is 0 Å². The van der Waals surface area contributed by atoms with E-state index in [9.17, 15) is 4.79 Å². The van der Waals surface area contributed by atoms with Gasteiger partial charge in [0.25, 0.3) is 0 Å². The summed E-state index contributed by atoms with van der Waals surface area (Å²) in [7, 11) is 0. The van der Waals surface area contributed by atoms with Gasteiger partial charge >= 0.3 is 0 Å². The number of amides is 1. The number of hydrogen-bond donors (Lipinski definition) is 1. The van der Waals surface area contributed by atoms with Gasteiger partial charge in [0.2, 0.25) is 5.91 Å². The summed E-state index contributed by atoms with van der Waals surface area (Å²) in [5.41, 5.74) is 3.53. The van der Waals surface area contributed by atoms with Crippen LogP contribution in [0.5, 0.6) is 0 Å². The molecule has 136 valence electrons. The van der Waals surface area contributed by atoms with E-state index in [1.54, 1.807) is 12.3 Å². The fraction of sp³-hybridized carbons (Fsp3) is 0.217. The van der Waals surface area contributed by atoms with Crippen LogP contribution in [0.25, 0.3) is 0 Å². The summed E-state index contributed by atoms with van der Waals surface area (Å²) in [6.07, 6.45) is 17.0. The van der Waals surface area contributed by atoms with Crippen LogP contribution in [0, 0.1) is 11.8 Å². The molecule has 3 nitrogen and oxygen atoms in total. The van der Waals surface area contributed by atoms with Gasteiger partial charge < -0.3 is 5.32 Å². The summed E-state index contributed by atoms with van der Waals surface area (Å²) in [5.74, 6) is 0.244. The number of nitrogens with zero attached hydrogens (tertiary/aromatic N) is 1. The van der Waals surface area contributed by atoms with Gasteiger partial charge in [0.1, 0.15) is 0 Å². The van der Waals surface area contributed by atoms with Crippen LogP contribution in [0.1, 0.15) is 20.3 Å². The Morgan fingerprint density at radius 2 is 1.81 bits per heavy atom. The van der Waals surface area contributed by atoms with Crippen LogP contribution >= 0.6 is 0 Å². The minimum atomic E-state index is -0.00852. The Kier molecular flexibility index (Phi) is 8.79. The summed E-state index contributed by atoms with van der Waals surface area (Å²) in [6, 6.07) is 0. The summed E-state index contributed by atoms with van der Waals surface area (Å²) >= 11 is 0. The first-order chi connectivity index (χ1) is 12.4. The normalized spacial score (nSPS) is 20.5. The lowest BCUT2D eigenvalue weighted by Crippen LogP contribution is -2.23. The molecule has 1 rings (SSSR count). The Labute approximate surface area is 157 Å². The Morgan fingerprint density at radius 1 is 1.08 bits per heavy atom. The van der Waals surface area contributed by atoms with Gasteiger partial charge in [0.15, 0.2) is 0 Å². The van der Waals surface area contributed by atoms with Gasteiger partial charge in [0.05, 0.1) is 0 Å². The molecular formula is C23H28N2O. The van der Waals surface area contributed by atoms with Crippen LogP contribution in [0.2, 0.25) is 0 Å². The lowest BCUT2D eigenvalue weighted by atomic mass is 10.1. The molecule has 1 amide bonds. The molecule has 1 N–H and O–H groups in total. The van der Waals surface area contributed by atoms with Crippen molar-refractivity contribution < 1.29 is 4.79 Å². The van der Waals surface area contributed by atoms with Gasteiger partial charge in [-0.15, -0.1) is 0 Å². The zero-order chi connectivity index (χ0) is 19.5. The monoisotopic (exact) mass is 348 g/mol. The first kappa shape index (κ1) is 21.1. The van der Waals surface area contributed by atoms with Crippen molar-refractivity contribution in [1.82, 2.24) is 5.32 Å². The topological polar surface area (TPSA) is 41.5 Å². The van der Waals surface area contributed by atoms with E-state index in [0.29, 0.717) is 0 Å². The Bertz CT molecular complexity index is 729. The third-order valence-electron chi connectivity index (χ3n) is 3.92. The predicted octanol–water partition coefficient (Wildman–Crippen LogP) is 5.21. The van der Waals surface area contributed by atoms with Crippen molar-refractivity contribution in [2.45, 2.75) is 20.3 Å². The maximum absolute atomic E-state index is 12.3. The minimum Gasteiger partial charge on any atom is -0.330 e. The van der Waals surface area contributed by atoms with Gasteiger partial charge in [-0.2, -0.15) is 0 Å². The van der Waals surface area contributed by atoms with Crippen molar-refractivity contribution in [2.24, 2.45) is 16.8 Å². The summed E-state index contributed by atoms with van der Waals surface area (Å²) in [4.78, 5) is 16.3. The van der Waals surface area contributed by atoms with E-state index >= 15 is 0 Å². The molecule has 1 aliphatic carbocycles.